The van der Waals surface area contributed by atoms with E-state index in [1.54, 1.807) is 0 Å². The summed E-state index contributed by atoms with van der Waals surface area (Å²) in [4.78, 5) is 14.8. The maximum Gasteiger partial charge on any atom is 0.237 e. The van der Waals surface area contributed by atoms with E-state index in [9.17, 15) is 4.79 Å². The van der Waals surface area contributed by atoms with E-state index >= 15 is 0 Å². The molecular weight excluding hydrogens is 368 g/mol. The van der Waals surface area contributed by atoms with Crippen molar-refractivity contribution in [2.45, 2.75) is 38.4 Å². The van der Waals surface area contributed by atoms with Crippen LogP contribution in [0.5, 0.6) is 0 Å². The topological polar surface area (TPSA) is 51.0 Å². The zero-order valence-electron chi connectivity index (χ0n) is 16.3. The summed E-state index contributed by atoms with van der Waals surface area (Å²) in [5.41, 5.74) is 4.55. The van der Waals surface area contributed by atoms with Gasteiger partial charge in [-0.2, -0.15) is 0 Å². The summed E-state index contributed by atoms with van der Waals surface area (Å²) in [6.45, 7) is 5.70. The lowest BCUT2D eigenvalue weighted by Crippen LogP contribution is -2.36. The van der Waals surface area contributed by atoms with Gasteiger partial charge in [-0.25, -0.2) is 0 Å². The number of aryl methyl sites for hydroxylation is 2. The number of para-hydroxylation sites is 1. The van der Waals surface area contributed by atoms with Gasteiger partial charge in [0.1, 0.15) is 0 Å². The van der Waals surface area contributed by atoms with Crippen LogP contribution in [-0.4, -0.2) is 33.0 Å². The van der Waals surface area contributed by atoms with Crippen LogP contribution in [0.25, 0.3) is 11.4 Å². The number of fused-ring (bicyclic) bond motifs is 1. The Morgan fingerprint density at radius 1 is 1.14 bits per heavy atom. The molecule has 1 amide bonds. The summed E-state index contributed by atoms with van der Waals surface area (Å²) in [7, 11) is 0. The third-order valence-electron chi connectivity index (χ3n) is 5.05. The molecule has 4 rings (SSSR count). The quantitative estimate of drug-likeness (QED) is 0.606. The number of benzene rings is 2. The Morgan fingerprint density at radius 2 is 2.00 bits per heavy atom. The van der Waals surface area contributed by atoms with Crippen LogP contribution in [0.3, 0.4) is 0 Å². The van der Waals surface area contributed by atoms with Crippen LogP contribution < -0.4 is 4.90 Å². The second-order valence-corrected chi connectivity index (χ2v) is 7.93. The molecule has 1 aliphatic heterocycles. The van der Waals surface area contributed by atoms with E-state index in [0.717, 1.165) is 48.2 Å². The fourth-order valence-electron chi connectivity index (χ4n) is 3.68. The van der Waals surface area contributed by atoms with Crippen molar-refractivity contribution in [3.05, 3.63) is 59.7 Å². The molecule has 144 valence electrons. The molecule has 0 fully saturated rings. The molecule has 2 aromatic carbocycles. The normalized spacial score (nSPS) is 13.4. The van der Waals surface area contributed by atoms with Gasteiger partial charge in [0.05, 0.1) is 5.75 Å². The van der Waals surface area contributed by atoms with Gasteiger partial charge in [0.2, 0.25) is 5.91 Å². The number of carbonyl (C=O) groups is 1. The first-order valence-electron chi connectivity index (χ1n) is 9.68. The number of nitrogens with zero attached hydrogens (tertiary/aromatic N) is 4. The molecular formula is C22H24N4OS. The van der Waals surface area contributed by atoms with Crippen molar-refractivity contribution in [1.29, 1.82) is 0 Å². The molecule has 1 aromatic heterocycles. The van der Waals surface area contributed by atoms with Crippen LogP contribution in [0.15, 0.2) is 53.7 Å². The number of anilines is 1. The SMILES string of the molecule is CCn1c(SCC(=O)N2CCCc3ccccc32)nnc1-c1cccc(C)c1. The predicted molar refractivity (Wildman–Crippen MR) is 114 cm³/mol. The van der Waals surface area contributed by atoms with Gasteiger partial charge in [-0.05, 0) is 44.4 Å². The molecule has 0 spiro atoms. The van der Waals surface area contributed by atoms with E-state index in [1.807, 2.05) is 35.2 Å². The smallest absolute Gasteiger partial charge is 0.237 e. The van der Waals surface area contributed by atoms with E-state index in [4.69, 9.17) is 0 Å². The molecule has 2 heterocycles. The summed E-state index contributed by atoms with van der Waals surface area (Å²) >= 11 is 1.47. The largest absolute Gasteiger partial charge is 0.311 e. The Labute approximate surface area is 169 Å². The minimum atomic E-state index is 0.125. The van der Waals surface area contributed by atoms with Crippen LogP contribution in [-0.2, 0) is 17.8 Å². The molecule has 0 bridgehead atoms. The highest BCUT2D eigenvalue weighted by atomic mass is 32.2. The second-order valence-electron chi connectivity index (χ2n) is 6.99. The Kier molecular flexibility index (Phi) is 5.48. The Bertz CT molecular complexity index is 998. The molecule has 0 unspecified atom stereocenters. The van der Waals surface area contributed by atoms with Crippen molar-refractivity contribution >= 4 is 23.4 Å². The number of hydrogen-bond donors (Lipinski definition) is 0. The van der Waals surface area contributed by atoms with Gasteiger partial charge < -0.3 is 9.47 Å². The number of amides is 1. The maximum absolute atomic E-state index is 12.9. The highest BCUT2D eigenvalue weighted by molar-refractivity contribution is 7.99. The molecule has 5 nitrogen and oxygen atoms in total. The van der Waals surface area contributed by atoms with Crippen LogP contribution in [0, 0.1) is 6.92 Å². The van der Waals surface area contributed by atoms with Crippen molar-refractivity contribution in [2.75, 3.05) is 17.2 Å². The summed E-state index contributed by atoms with van der Waals surface area (Å²) in [6.07, 6.45) is 2.05. The van der Waals surface area contributed by atoms with Gasteiger partial charge in [0.15, 0.2) is 11.0 Å². The number of hydrogen-bond acceptors (Lipinski definition) is 4. The summed E-state index contributed by atoms with van der Waals surface area (Å²) in [5, 5.41) is 9.54. The van der Waals surface area contributed by atoms with Crippen molar-refractivity contribution in [2.24, 2.45) is 0 Å². The van der Waals surface area contributed by atoms with Crippen molar-refractivity contribution in [3.63, 3.8) is 0 Å². The zero-order valence-corrected chi connectivity index (χ0v) is 17.1. The van der Waals surface area contributed by atoms with Crippen molar-refractivity contribution < 1.29 is 4.79 Å². The van der Waals surface area contributed by atoms with E-state index in [-0.39, 0.29) is 5.91 Å². The highest BCUT2D eigenvalue weighted by Crippen LogP contribution is 2.29. The zero-order chi connectivity index (χ0) is 19.5. The molecule has 0 saturated carbocycles. The average molecular weight is 393 g/mol. The minimum absolute atomic E-state index is 0.125. The fourth-order valence-corrected chi connectivity index (χ4v) is 4.55. The first kappa shape index (κ1) is 18.7. The standard InChI is InChI=1S/C22H24N4OS/c1-3-25-21(18-10-6-8-16(2)14-18)23-24-22(25)28-15-20(27)26-13-7-11-17-9-4-5-12-19(17)26/h4-6,8-10,12,14H,3,7,11,13,15H2,1-2H3. The lowest BCUT2D eigenvalue weighted by atomic mass is 10.0. The van der Waals surface area contributed by atoms with Gasteiger partial charge in [-0.1, -0.05) is 53.7 Å². The molecule has 28 heavy (non-hydrogen) atoms. The second kappa shape index (κ2) is 8.19. The van der Waals surface area contributed by atoms with E-state index in [2.05, 4.69) is 46.8 Å². The molecule has 6 heteroatoms. The lowest BCUT2D eigenvalue weighted by Gasteiger charge is -2.29. The van der Waals surface area contributed by atoms with Gasteiger partial charge in [0, 0.05) is 24.3 Å². The van der Waals surface area contributed by atoms with Crippen LogP contribution in [0.2, 0.25) is 0 Å². The lowest BCUT2D eigenvalue weighted by molar-refractivity contribution is -0.116. The molecule has 3 aromatic rings. The third-order valence-corrected chi connectivity index (χ3v) is 6.00. The Hall–Kier alpha value is -2.60. The number of thioether (sulfide) groups is 1. The first-order valence-corrected chi connectivity index (χ1v) is 10.7. The third kappa shape index (κ3) is 3.69. The van der Waals surface area contributed by atoms with Crippen LogP contribution >= 0.6 is 11.8 Å². The van der Waals surface area contributed by atoms with E-state index in [0.29, 0.717) is 5.75 Å². The van der Waals surface area contributed by atoms with Gasteiger partial charge in [-0.3, -0.25) is 4.79 Å². The van der Waals surface area contributed by atoms with Crippen LogP contribution in [0.1, 0.15) is 24.5 Å². The number of aromatic nitrogens is 3. The van der Waals surface area contributed by atoms with Gasteiger partial charge in [-0.15, -0.1) is 10.2 Å². The Morgan fingerprint density at radius 3 is 2.82 bits per heavy atom. The van der Waals surface area contributed by atoms with E-state index < -0.39 is 0 Å². The van der Waals surface area contributed by atoms with Crippen molar-refractivity contribution in [1.82, 2.24) is 14.8 Å². The molecule has 0 atom stereocenters. The van der Waals surface area contributed by atoms with Crippen LogP contribution in [0.4, 0.5) is 5.69 Å². The molecule has 0 saturated heterocycles. The number of rotatable bonds is 5. The van der Waals surface area contributed by atoms with Crippen molar-refractivity contribution in [3.8, 4) is 11.4 Å². The van der Waals surface area contributed by atoms with E-state index in [1.165, 1.54) is 22.9 Å². The average Bonchev–Trinajstić information content (AvgIpc) is 3.14. The molecule has 0 radical (unpaired) electrons. The minimum Gasteiger partial charge on any atom is -0.311 e. The summed E-state index contributed by atoms with van der Waals surface area (Å²) < 4.78 is 2.08. The summed E-state index contributed by atoms with van der Waals surface area (Å²) in [5.74, 6) is 1.34. The molecule has 0 N–H and O–H groups in total. The first-order chi connectivity index (χ1) is 13.7. The molecule has 0 aliphatic carbocycles. The number of carbonyl (C=O) groups excluding carboxylic acids is 1. The molecule has 1 aliphatic rings. The monoisotopic (exact) mass is 392 g/mol. The van der Waals surface area contributed by atoms with Gasteiger partial charge >= 0.3 is 0 Å². The van der Waals surface area contributed by atoms with Gasteiger partial charge in [0.25, 0.3) is 0 Å². The summed E-state index contributed by atoms with van der Waals surface area (Å²) in [6, 6.07) is 16.5. The maximum atomic E-state index is 12.9. The highest BCUT2D eigenvalue weighted by Gasteiger charge is 2.23. The Balaban J connectivity index is 1.51. The predicted octanol–water partition coefficient (Wildman–Crippen LogP) is 4.34. The fraction of sp³-hybridized carbons (Fsp3) is 0.318.